The Kier molecular flexibility index (Phi) is 4.22. The Balaban J connectivity index is 1.34. The number of hydrogen-bond donors (Lipinski definition) is 1. The molecule has 0 aromatic carbocycles. The van der Waals surface area contributed by atoms with Gasteiger partial charge in [0.05, 0.1) is 0 Å². The lowest BCUT2D eigenvalue weighted by atomic mass is 9.78. The number of likely N-dealkylation sites (N-methyl/N-ethyl adjacent to an activating group) is 1. The fourth-order valence-electron chi connectivity index (χ4n) is 3.45. The Bertz CT molecular complexity index is 258. The Morgan fingerprint density at radius 3 is 2.50 bits per heavy atom. The molecule has 3 nitrogen and oxygen atoms in total. The minimum Gasteiger partial charge on any atom is -0.314 e. The third-order valence-electron chi connectivity index (χ3n) is 5.16. The molecular weight excluding hydrogens is 222 g/mol. The molecule has 1 saturated heterocycles. The molecule has 3 fully saturated rings. The van der Waals surface area contributed by atoms with Crippen LogP contribution in [0.4, 0.5) is 0 Å². The lowest BCUT2D eigenvalue weighted by Crippen LogP contribution is -2.50. The van der Waals surface area contributed by atoms with Crippen molar-refractivity contribution in [3.8, 4) is 0 Å². The molecule has 104 valence electrons. The van der Waals surface area contributed by atoms with Crippen LogP contribution in [0.1, 0.15) is 38.5 Å². The smallest absolute Gasteiger partial charge is 0.0133 e. The molecule has 2 aliphatic carbocycles. The van der Waals surface area contributed by atoms with Crippen molar-refractivity contribution in [2.24, 2.45) is 5.92 Å². The normalized spacial score (nSPS) is 33.0. The third kappa shape index (κ3) is 3.25. The van der Waals surface area contributed by atoms with Gasteiger partial charge in [-0.3, -0.25) is 0 Å². The van der Waals surface area contributed by atoms with Crippen LogP contribution >= 0.6 is 0 Å². The van der Waals surface area contributed by atoms with Crippen LogP contribution in [-0.2, 0) is 0 Å². The first-order valence-corrected chi connectivity index (χ1v) is 7.99. The van der Waals surface area contributed by atoms with E-state index in [9.17, 15) is 0 Å². The zero-order valence-electron chi connectivity index (χ0n) is 11.9. The topological polar surface area (TPSA) is 18.5 Å². The minimum absolute atomic E-state index is 0.860. The fraction of sp³-hybridized carbons (Fsp3) is 1.00. The summed E-state index contributed by atoms with van der Waals surface area (Å²) < 4.78 is 0. The first-order chi connectivity index (χ1) is 8.83. The second-order valence-electron chi connectivity index (χ2n) is 6.62. The maximum absolute atomic E-state index is 3.70. The Labute approximate surface area is 112 Å². The molecule has 3 rings (SSSR count). The predicted molar refractivity (Wildman–Crippen MR) is 75.8 cm³/mol. The summed E-state index contributed by atoms with van der Waals surface area (Å²) in [7, 11) is 2.34. The second-order valence-corrected chi connectivity index (χ2v) is 6.62. The number of hydrogen-bond acceptors (Lipinski definition) is 3. The maximum Gasteiger partial charge on any atom is 0.0133 e. The average Bonchev–Trinajstić information content (AvgIpc) is 3.00. The van der Waals surface area contributed by atoms with E-state index in [0.29, 0.717) is 0 Å². The summed E-state index contributed by atoms with van der Waals surface area (Å²) in [5.74, 6) is 0.925. The first kappa shape index (κ1) is 12.9. The van der Waals surface area contributed by atoms with Gasteiger partial charge in [-0.25, -0.2) is 0 Å². The molecule has 0 bridgehead atoms. The van der Waals surface area contributed by atoms with Crippen molar-refractivity contribution in [3.63, 3.8) is 0 Å². The van der Waals surface area contributed by atoms with E-state index in [2.05, 4.69) is 22.2 Å². The van der Waals surface area contributed by atoms with E-state index in [4.69, 9.17) is 0 Å². The standard InChI is InChI=1S/C15H29N3/c1-17(10-11-18-8-2-3-9-18)15-7-4-13(15)12-16-14-5-6-14/h13-16H,2-12H2,1H3. The average molecular weight is 251 g/mol. The molecule has 1 N–H and O–H groups in total. The van der Waals surface area contributed by atoms with E-state index in [-0.39, 0.29) is 0 Å². The molecule has 2 atom stereocenters. The molecule has 2 saturated carbocycles. The molecule has 1 heterocycles. The predicted octanol–water partition coefficient (Wildman–Crippen LogP) is 1.54. The highest BCUT2D eigenvalue weighted by atomic mass is 15.2. The van der Waals surface area contributed by atoms with Crippen LogP contribution in [0.3, 0.4) is 0 Å². The van der Waals surface area contributed by atoms with E-state index in [1.165, 1.54) is 71.2 Å². The summed E-state index contributed by atoms with van der Waals surface area (Å²) in [5.41, 5.74) is 0. The SMILES string of the molecule is CN(CCN1CCCC1)C1CCC1CNC1CC1. The van der Waals surface area contributed by atoms with E-state index in [1.807, 2.05) is 0 Å². The van der Waals surface area contributed by atoms with Crippen molar-refractivity contribution in [2.75, 3.05) is 39.8 Å². The monoisotopic (exact) mass is 251 g/mol. The summed E-state index contributed by atoms with van der Waals surface area (Å²) in [6.45, 7) is 6.50. The van der Waals surface area contributed by atoms with Crippen LogP contribution in [-0.4, -0.2) is 61.7 Å². The van der Waals surface area contributed by atoms with Gasteiger partial charge in [0.1, 0.15) is 0 Å². The Morgan fingerprint density at radius 1 is 1.11 bits per heavy atom. The van der Waals surface area contributed by atoms with E-state index >= 15 is 0 Å². The maximum atomic E-state index is 3.70. The van der Waals surface area contributed by atoms with Gasteiger partial charge in [0, 0.05) is 25.2 Å². The van der Waals surface area contributed by atoms with Gasteiger partial charge in [-0.1, -0.05) is 0 Å². The number of rotatable bonds is 7. The van der Waals surface area contributed by atoms with Crippen LogP contribution < -0.4 is 5.32 Å². The second kappa shape index (κ2) is 5.89. The van der Waals surface area contributed by atoms with Crippen LogP contribution in [0.5, 0.6) is 0 Å². The van der Waals surface area contributed by atoms with Crippen LogP contribution in [0.2, 0.25) is 0 Å². The van der Waals surface area contributed by atoms with Crippen molar-refractivity contribution >= 4 is 0 Å². The summed E-state index contributed by atoms with van der Waals surface area (Å²) in [5, 5.41) is 3.70. The molecule has 3 aliphatic rings. The molecule has 0 aromatic rings. The third-order valence-corrected chi connectivity index (χ3v) is 5.16. The molecule has 3 heteroatoms. The van der Waals surface area contributed by atoms with Gasteiger partial charge in [-0.05, 0) is 71.1 Å². The molecule has 18 heavy (non-hydrogen) atoms. The van der Waals surface area contributed by atoms with Gasteiger partial charge < -0.3 is 15.1 Å². The van der Waals surface area contributed by atoms with Gasteiger partial charge in [-0.2, -0.15) is 0 Å². The first-order valence-electron chi connectivity index (χ1n) is 7.99. The zero-order chi connectivity index (χ0) is 12.4. The Morgan fingerprint density at radius 2 is 1.89 bits per heavy atom. The minimum atomic E-state index is 0.860. The van der Waals surface area contributed by atoms with Gasteiger partial charge >= 0.3 is 0 Å². The number of nitrogens with one attached hydrogen (secondary N) is 1. The fourth-order valence-corrected chi connectivity index (χ4v) is 3.45. The van der Waals surface area contributed by atoms with Crippen LogP contribution in [0, 0.1) is 5.92 Å². The quantitative estimate of drug-likeness (QED) is 0.740. The number of likely N-dealkylation sites (tertiary alicyclic amines) is 1. The Hall–Kier alpha value is -0.120. The summed E-state index contributed by atoms with van der Waals surface area (Å²) in [6, 6.07) is 1.74. The molecule has 0 spiro atoms. The van der Waals surface area contributed by atoms with Gasteiger partial charge in [-0.15, -0.1) is 0 Å². The van der Waals surface area contributed by atoms with Gasteiger partial charge in [0.15, 0.2) is 0 Å². The molecule has 2 unspecified atom stereocenters. The lowest BCUT2D eigenvalue weighted by molar-refractivity contribution is 0.0762. The largest absolute Gasteiger partial charge is 0.314 e. The molecular formula is C15H29N3. The van der Waals surface area contributed by atoms with Crippen molar-refractivity contribution in [2.45, 2.75) is 50.6 Å². The highest BCUT2D eigenvalue weighted by molar-refractivity contribution is 4.91. The molecule has 0 radical (unpaired) electrons. The van der Waals surface area contributed by atoms with Crippen LogP contribution in [0.25, 0.3) is 0 Å². The highest BCUT2D eigenvalue weighted by Crippen LogP contribution is 2.32. The van der Waals surface area contributed by atoms with Gasteiger partial charge in [0.25, 0.3) is 0 Å². The van der Waals surface area contributed by atoms with E-state index in [0.717, 1.165) is 18.0 Å². The van der Waals surface area contributed by atoms with E-state index < -0.39 is 0 Å². The summed E-state index contributed by atoms with van der Waals surface area (Å²) >= 11 is 0. The molecule has 0 aromatic heterocycles. The molecule has 1 aliphatic heterocycles. The van der Waals surface area contributed by atoms with Crippen LogP contribution in [0.15, 0.2) is 0 Å². The number of nitrogens with zero attached hydrogens (tertiary/aromatic N) is 2. The van der Waals surface area contributed by atoms with Crippen molar-refractivity contribution in [1.82, 2.24) is 15.1 Å². The molecule has 0 amide bonds. The van der Waals surface area contributed by atoms with Crippen molar-refractivity contribution in [1.29, 1.82) is 0 Å². The van der Waals surface area contributed by atoms with E-state index in [1.54, 1.807) is 0 Å². The lowest BCUT2D eigenvalue weighted by Gasteiger charge is -2.43. The van der Waals surface area contributed by atoms with Crippen molar-refractivity contribution in [3.05, 3.63) is 0 Å². The van der Waals surface area contributed by atoms with Crippen molar-refractivity contribution < 1.29 is 0 Å². The van der Waals surface area contributed by atoms with Gasteiger partial charge in [0.2, 0.25) is 0 Å². The zero-order valence-corrected chi connectivity index (χ0v) is 11.9. The summed E-state index contributed by atoms with van der Waals surface area (Å²) in [6.07, 6.45) is 8.54. The highest BCUT2D eigenvalue weighted by Gasteiger charge is 2.34. The summed E-state index contributed by atoms with van der Waals surface area (Å²) in [4.78, 5) is 5.26.